The highest BCUT2D eigenvalue weighted by molar-refractivity contribution is 7.92. The predicted molar refractivity (Wildman–Crippen MR) is 134 cm³/mol. The standard InChI is InChI=1S/C26H29F4NO8S/c1-5-16(24(33)34)12-17-14-31(40(35,36)18-7-8-19(27)22(13-18)37-4)20-10-15(6-9-21(20)38-17)11-23(32)39-25(2,3)26(28,29)30/h6-10,13,16-17H,5,11-12,14H2,1-4H3,(H,33,34)/t16-,17-/m0/s1. The van der Waals surface area contributed by atoms with Crippen molar-refractivity contribution in [2.45, 2.75) is 62.8 Å². The number of nitrogens with zero attached hydrogens (tertiary/aromatic N) is 1. The number of carboxylic acid groups (broad SMARTS) is 1. The van der Waals surface area contributed by atoms with Gasteiger partial charge in [-0.3, -0.25) is 13.9 Å². The van der Waals surface area contributed by atoms with E-state index < -0.39 is 58.0 Å². The van der Waals surface area contributed by atoms with Crippen molar-refractivity contribution in [1.82, 2.24) is 0 Å². The van der Waals surface area contributed by atoms with Crippen LogP contribution in [-0.2, 0) is 30.8 Å². The zero-order valence-electron chi connectivity index (χ0n) is 22.1. The number of carbonyl (C=O) groups is 2. The minimum atomic E-state index is -4.81. The van der Waals surface area contributed by atoms with Crippen molar-refractivity contribution in [1.29, 1.82) is 0 Å². The molecule has 0 radical (unpaired) electrons. The van der Waals surface area contributed by atoms with Crippen LogP contribution in [0.2, 0.25) is 0 Å². The minimum Gasteiger partial charge on any atom is -0.494 e. The Hall–Kier alpha value is -3.55. The van der Waals surface area contributed by atoms with E-state index in [4.69, 9.17) is 9.47 Å². The number of carbonyl (C=O) groups excluding carboxylic acids is 1. The fraction of sp³-hybridized carbons (Fsp3) is 0.462. The van der Waals surface area contributed by atoms with E-state index in [-0.39, 0.29) is 47.0 Å². The lowest BCUT2D eigenvalue weighted by Crippen LogP contribution is -2.45. The lowest BCUT2D eigenvalue weighted by Gasteiger charge is -2.36. The maximum atomic E-state index is 14.0. The molecule has 0 aliphatic carbocycles. The van der Waals surface area contributed by atoms with Crippen molar-refractivity contribution in [2.24, 2.45) is 5.92 Å². The van der Waals surface area contributed by atoms with Crippen LogP contribution in [0.5, 0.6) is 11.5 Å². The normalized spacial score (nSPS) is 16.5. The number of sulfonamides is 1. The van der Waals surface area contributed by atoms with E-state index in [1.54, 1.807) is 6.92 Å². The van der Waals surface area contributed by atoms with Gasteiger partial charge in [0, 0.05) is 6.07 Å². The number of methoxy groups -OCH3 is 1. The molecule has 1 aliphatic heterocycles. The zero-order chi connectivity index (χ0) is 30.0. The molecule has 0 saturated carbocycles. The average molecular weight is 592 g/mol. The van der Waals surface area contributed by atoms with E-state index in [0.29, 0.717) is 13.8 Å². The van der Waals surface area contributed by atoms with Crippen molar-refractivity contribution in [3.63, 3.8) is 0 Å². The van der Waals surface area contributed by atoms with Crippen LogP contribution in [0.3, 0.4) is 0 Å². The molecule has 3 rings (SSSR count). The largest absolute Gasteiger partial charge is 0.494 e. The second kappa shape index (κ2) is 11.5. The maximum Gasteiger partial charge on any atom is 0.427 e. The van der Waals surface area contributed by atoms with Crippen LogP contribution < -0.4 is 13.8 Å². The van der Waals surface area contributed by atoms with Gasteiger partial charge < -0.3 is 19.3 Å². The molecule has 2 aromatic rings. The molecule has 1 N–H and O–H groups in total. The summed E-state index contributed by atoms with van der Waals surface area (Å²) in [7, 11) is -3.26. The van der Waals surface area contributed by atoms with Gasteiger partial charge in [0.15, 0.2) is 11.6 Å². The first-order valence-electron chi connectivity index (χ1n) is 12.2. The Morgan fingerprint density at radius 3 is 2.42 bits per heavy atom. The van der Waals surface area contributed by atoms with Gasteiger partial charge in [0.05, 0.1) is 36.6 Å². The van der Waals surface area contributed by atoms with E-state index in [1.807, 2.05) is 0 Å². The SMILES string of the molecule is CC[C@@H](C[C@H]1CN(S(=O)(=O)c2ccc(F)c(OC)c2)c2cc(CC(=O)OC(C)(C)C(F)(F)F)ccc2O1)C(=O)O. The number of halogens is 4. The molecule has 14 heteroatoms. The summed E-state index contributed by atoms with van der Waals surface area (Å²) in [6.07, 6.45) is -6.06. The topological polar surface area (TPSA) is 119 Å². The van der Waals surface area contributed by atoms with Gasteiger partial charge in [0.2, 0.25) is 5.60 Å². The number of esters is 1. The van der Waals surface area contributed by atoms with Crippen molar-refractivity contribution in [3.8, 4) is 11.5 Å². The molecule has 1 heterocycles. The quantitative estimate of drug-likeness (QED) is 0.312. The third-order valence-corrected chi connectivity index (χ3v) is 8.23. The van der Waals surface area contributed by atoms with Gasteiger partial charge >= 0.3 is 18.1 Å². The summed E-state index contributed by atoms with van der Waals surface area (Å²) < 4.78 is 97.3. The van der Waals surface area contributed by atoms with E-state index in [1.165, 1.54) is 18.2 Å². The average Bonchev–Trinajstić information content (AvgIpc) is 2.85. The summed E-state index contributed by atoms with van der Waals surface area (Å²) in [6, 6.07) is 6.90. The Morgan fingerprint density at radius 1 is 1.18 bits per heavy atom. The Labute approximate surface area is 228 Å². The molecule has 0 amide bonds. The molecule has 0 bridgehead atoms. The van der Waals surface area contributed by atoms with Crippen LogP contribution in [0.1, 0.15) is 39.2 Å². The number of anilines is 1. The number of alkyl halides is 3. The maximum absolute atomic E-state index is 14.0. The lowest BCUT2D eigenvalue weighted by atomic mass is 9.98. The fourth-order valence-corrected chi connectivity index (χ4v) is 5.56. The van der Waals surface area contributed by atoms with Crippen LogP contribution in [0.25, 0.3) is 0 Å². The van der Waals surface area contributed by atoms with Gasteiger partial charge in [-0.15, -0.1) is 0 Å². The molecule has 0 saturated heterocycles. The zero-order valence-corrected chi connectivity index (χ0v) is 22.9. The van der Waals surface area contributed by atoms with Gasteiger partial charge in [-0.25, -0.2) is 12.8 Å². The molecular weight excluding hydrogens is 562 g/mol. The van der Waals surface area contributed by atoms with Crippen LogP contribution in [0.15, 0.2) is 41.3 Å². The number of carboxylic acids is 1. The van der Waals surface area contributed by atoms with E-state index in [0.717, 1.165) is 29.6 Å². The summed E-state index contributed by atoms with van der Waals surface area (Å²) in [4.78, 5) is 23.6. The van der Waals surface area contributed by atoms with Crippen LogP contribution in [-0.4, -0.2) is 57.0 Å². The van der Waals surface area contributed by atoms with Crippen molar-refractivity contribution >= 4 is 27.6 Å². The third kappa shape index (κ3) is 6.60. The number of rotatable bonds is 10. The highest BCUT2D eigenvalue weighted by Crippen LogP contribution is 2.40. The molecule has 2 aromatic carbocycles. The highest BCUT2D eigenvalue weighted by Gasteiger charge is 2.50. The van der Waals surface area contributed by atoms with E-state index in [2.05, 4.69) is 4.74 Å². The predicted octanol–water partition coefficient (Wildman–Crippen LogP) is 4.72. The van der Waals surface area contributed by atoms with Crippen LogP contribution in [0, 0.1) is 11.7 Å². The van der Waals surface area contributed by atoms with Gasteiger partial charge in [-0.1, -0.05) is 13.0 Å². The molecule has 2 atom stereocenters. The molecular formula is C26H29F4NO8S. The summed E-state index contributed by atoms with van der Waals surface area (Å²) in [5.41, 5.74) is -2.65. The van der Waals surface area contributed by atoms with E-state index >= 15 is 0 Å². The smallest absolute Gasteiger partial charge is 0.427 e. The molecule has 1 aliphatic rings. The summed E-state index contributed by atoms with van der Waals surface area (Å²) in [5, 5.41) is 9.49. The van der Waals surface area contributed by atoms with Gasteiger partial charge in [0.25, 0.3) is 10.0 Å². The number of fused-ring (bicyclic) bond motifs is 1. The third-order valence-electron chi connectivity index (χ3n) is 6.46. The molecule has 0 spiro atoms. The van der Waals surface area contributed by atoms with Gasteiger partial charge in [-0.2, -0.15) is 13.2 Å². The Balaban J connectivity index is 2.02. The number of ether oxygens (including phenoxy) is 3. The minimum absolute atomic E-state index is 0.0232. The van der Waals surface area contributed by atoms with Crippen molar-refractivity contribution in [3.05, 3.63) is 47.8 Å². The fourth-order valence-electron chi connectivity index (χ4n) is 4.05. The molecule has 9 nitrogen and oxygen atoms in total. The number of hydrogen-bond acceptors (Lipinski definition) is 7. The second-order valence-corrected chi connectivity index (χ2v) is 11.6. The molecule has 0 unspecified atom stereocenters. The molecule has 0 fully saturated rings. The molecule has 0 aromatic heterocycles. The summed E-state index contributed by atoms with van der Waals surface area (Å²) in [6.45, 7) is 2.75. The van der Waals surface area contributed by atoms with E-state index in [9.17, 15) is 40.7 Å². The highest BCUT2D eigenvalue weighted by atomic mass is 32.2. The van der Waals surface area contributed by atoms with Crippen molar-refractivity contribution in [2.75, 3.05) is 18.0 Å². The lowest BCUT2D eigenvalue weighted by molar-refractivity contribution is -0.257. The van der Waals surface area contributed by atoms with Gasteiger partial charge in [-0.05, 0) is 56.5 Å². The Kier molecular flexibility index (Phi) is 8.92. The molecule has 40 heavy (non-hydrogen) atoms. The van der Waals surface area contributed by atoms with Crippen molar-refractivity contribution < 1.29 is 54.9 Å². The Morgan fingerprint density at radius 2 is 1.85 bits per heavy atom. The Bertz CT molecular complexity index is 1380. The number of aliphatic carboxylic acids is 1. The first-order valence-corrected chi connectivity index (χ1v) is 13.6. The summed E-state index contributed by atoms with van der Waals surface area (Å²) in [5.74, 6) is -4.18. The van der Waals surface area contributed by atoms with Gasteiger partial charge in [0.1, 0.15) is 11.9 Å². The van der Waals surface area contributed by atoms with Crippen LogP contribution >= 0.6 is 0 Å². The first kappa shape index (κ1) is 31.0. The second-order valence-electron chi connectivity index (χ2n) is 9.71. The molecule has 220 valence electrons. The summed E-state index contributed by atoms with van der Waals surface area (Å²) >= 11 is 0. The number of hydrogen-bond donors (Lipinski definition) is 1. The first-order chi connectivity index (χ1) is 18.5. The monoisotopic (exact) mass is 591 g/mol. The van der Waals surface area contributed by atoms with Crippen LogP contribution in [0.4, 0.5) is 23.2 Å². The number of benzene rings is 2.